The smallest absolute Gasteiger partial charge is 0.335 e. The van der Waals surface area contributed by atoms with Crippen molar-refractivity contribution in [1.82, 2.24) is 9.55 Å². The van der Waals surface area contributed by atoms with Crippen LogP contribution < -0.4 is 11.2 Å². The van der Waals surface area contributed by atoms with Crippen LogP contribution in [-0.4, -0.2) is 9.55 Å². The van der Waals surface area contributed by atoms with Crippen molar-refractivity contribution in [3.8, 4) is 5.88 Å². The molecule has 0 atom stereocenters. The summed E-state index contributed by atoms with van der Waals surface area (Å²) in [5, 5.41) is 0. The van der Waals surface area contributed by atoms with Crippen molar-refractivity contribution in [3.05, 3.63) is 51.0 Å². The molecule has 2 aromatic heterocycles. The van der Waals surface area contributed by atoms with Gasteiger partial charge in [-0.05, 0) is 12.5 Å². The third kappa shape index (κ3) is 1.52. The highest BCUT2D eigenvalue weighted by atomic mass is 16.3. The molecule has 0 aromatic carbocycles. The average molecular weight is 206 g/mol. The van der Waals surface area contributed by atoms with Crippen LogP contribution in [0.25, 0.3) is 5.88 Å². The van der Waals surface area contributed by atoms with E-state index in [1.54, 1.807) is 12.1 Å². The topological polar surface area (TPSA) is 68.0 Å². The molecule has 0 unspecified atom stereocenters. The summed E-state index contributed by atoms with van der Waals surface area (Å²) in [5.74, 6) is 0.233. The largest absolute Gasteiger partial charge is 0.448 e. The fourth-order valence-electron chi connectivity index (χ4n) is 1.36. The first-order chi connectivity index (χ1) is 7.24. The maximum atomic E-state index is 11.8. The number of aromatic amines is 1. The highest BCUT2D eigenvalue weighted by molar-refractivity contribution is 5.19. The quantitative estimate of drug-likeness (QED) is 0.785. The highest BCUT2D eigenvalue weighted by Crippen LogP contribution is 2.02. The van der Waals surface area contributed by atoms with E-state index in [0.717, 1.165) is 4.57 Å². The Kier molecular flexibility index (Phi) is 2.29. The first kappa shape index (κ1) is 9.51. The molecule has 2 rings (SSSR count). The molecule has 5 nitrogen and oxygen atoms in total. The van der Waals surface area contributed by atoms with Crippen molar-refractivity contribution in [1.29, 1.82) is 0 Å². The first-order valence-corrected chi connectivity index (χ1v) is 4.61. The van der Waals surface area contributed by atoms with Crippen LogP contribution in [0.2, 0.25) is 0 Å². The Morgan fingerprint density at radius 3 is 2.87 bits per heavy atom. The van der Waals surface area contributed by atoms with Crippen molar-refractivity contribution < 1.29 is 4.42 Å². The summed E-state index contributed by atoms with van der Waals surface area (Å²) in [7, 11) is 0. The molecule has 0 bridgehead atoms. The van der Waals surface area contributed by atoms with Gasteiger partial charge in [-0.2, -0.15) is 4.57 Å². The highest BCUT2D eigenvalue weighted by Gasteiger charge is 2.09. The molecule has 2 aromatic rings. The summed E-state index contributed by atoms with van der Waals surface area (Å²) in [6.45, 7) is 1.85. The van der Waals surface area contributed by atoms with E-state index in [-0.39, 0.29) is 11.4 Å². The number of aromatic nitrogens is 2. The van der Waals surface area contributed by atoms with Gasteiger partial charge in [0.25, 0.3) is 5.56 Å². The van der Waals surface area contributed by atoms with E-state index in [9.17, 15) is 9.59 Å². The first-order valence-electron chi connectivity index (χ1n) is 4.61. The zero-order valence-electron chi connectivity index (χ0n) is 8.19. The summed E-state index contributed by atoms with van der Waals surface area (Å²) in [6, 6.07) is 3.19. The lowest BCUT2D eigenvalue weighted by molar-refractivity contribution is 0.525. The van der Waals surface area contributed by atoms with Crippen LogP contribution in [0, 0.1) is 0 Å². The lowest BCUT2D eigenvalue weighted by Crippen LogP contribution is -2.34. The second-order valence-corrected chi connectivity index (χ2v) is 3.06. The predicted octanol–water partition coefficient (Wildman–Crippen LogP) is 0.681. The second kappa shape index (κ2) is 3.61. The predicted molar refractivity (Wildman–Crippen MR) is 54.3 cm³/mol. The fraction of sp³-hybridized carbons (Fsp3) is 0.200. The molecule has 0 amide bonds. The molecule has 2 heterocycles. The summed E-state index contributed by atoms with van der Waals surface area (Å²) < 4.78 is 6.01. The number of nitrogens with one attached hydrogen (secondary N) is 1. The SMILES string of the molecule is CCc1c[nH]c(=O)n(-c2ccco2)c1=O. The minimum atomic E-state index is -0.493. The standard InChI is InChI=1S/C10H10N2O3/c1-2-7-6-11-10(14)12(9(7)13)8-4-3-5-15-8/h3-6H,2H2,1H3,(H,11,14). The maximum absolute atomic E-state index is 11.8. The zero-order chi connectivity index (χ0) is 10.8. The summed E-state index contributed by atoms with van der Waals surface area (Å²) in [6.07, 6.45) is 3.42. The van der Waals surface area contributed by atoms with Crippen molar-refractivity contribution in [2.75, 3.05) is 0 Å². The van der Waals surface area contributed by atoms with Crippen molar-refractivity contribution in [2.45, 2.75) is 13.3 Å². The van der Waals surface area contributed by atoms with Crippen LogP contribution in [0.4, 0.5) is 0 Å². The Hall–Kier alpha value is -2.04. The normalized spacial score (nSPS) is 10.5. The van der Waals surface area contributed by atoms with Gasteiger partial charge in [0, 0.05) is 17.8 Å². The average Bonchev–Trinajstić information content (AvgIpc) is 2.71. The number of nitrogens with zero attached hydrogens (tertiary/aromatic N) is 1. The maximum Gasteiger partial charge on any atom is 0.335 e. The number of hydrogen-bond donors (Lipinski definition) is 1. The summed E-state index contributed by atoms with van der Waals surface area (Å²) in [4.78, 5) is 25.8. The van der Waals surface area contributed by atoms with Gasteiger partial charge >= 0.3 is 5.69 Å². The van der Waals surface area contributed by atoms with Gasteiger partial charge < -0.3 is 9.40 Å². The van der Waals surface area contributed by atoms with E-state index < -0.39 is 5.69 Å². The lowest BCUT2D eigenvalue weighted by Gasteiger charge is -2.01. The van der Waals surface area contributed by atoms with Gasteiger partial charge in [0.1, 0.15) is 0 Å². The van der Waals surface area contributed by atoms with Gasteiger partial charge in [0.05, 0.1) is 6.26 Å². The van der Waals surface area contributed by atoms with Gasteiger partial charge in [-0.15, -0.1) is 0 Å². The minimum absolute atomic E-state index is 0.233. The molecule has 78 valence electrons. The number of hydrogen-bond acceptors (Lipinski definition) is 3. The molecule has 0 saturated heterocycles. The van der Waals surface area contributed by atoms with Gasteiger partial charge in [-0.3, -0.25) is 4.79 Å². The number of furan rings is 1. The Labute approximate surface area is 85.0 Å². The molecule has 0 aliphatic heterocycles. The Morgan fingerprint density at radius 2 is 2.27 bits per heavy atom. The van der Waals surface area contributed by atoms with Gasteiger partial charge in [-0.1, -0.05) is 6.92 Å². The summed E-state index contributed by atoms with van der Waals surface area (Å²) in [5.41, 5.74) is -0.283. The Bertz CT molecular complexity index is 563. The van der Waals surface area contributed by atoms with E-state index in [0.29, 0.717) is 12.0 Å². The van der Waals surface area contributed by atoms with Gasteiger partial charge in [0.2, 0.25) is 5.88 Å². The third-order valence-corrected chi connectivity index (χ3v) is 2.16. The van der Waals surface area contributed by atoms with Crippen LogP contribution in [-0.2, 0) is 6.42 Å². The molecule has 0 saturated carbocycles. The van der Waals surface area contributed by atoms with E-state index in [1.807, 2.05) is 6.92 Å². The molecule has 0 spiro atoms. The van der Waals surface area contributed by atoms with Crippen LogP contribution in [0.15, 0.2) is 38.6 Å². The molecular formula is C10H10N2O3. The Balaban J connectivity index is 2.76. The van der Waals surface area contributed by atoms with Crippen LogP contribution in [0.1, 0.15) is 12.5 Å². The third-order valence-electron chi connectivity index (χ3n) is 2.16. The van der Waals surface area contributed by atoms with Crippen LogP contribution in [0.5, 0.6) is 0 Å². The van der Waals surface area contributed by atoms with E-state index in [1.165, 1.54) is 12.5 Å². The van der Waals surface area contributed by atoms with Crippen molar-refractivity contribution >= 4 is 0 Å². The van der Waals surface area contributed by atoms with Gasteiger partial charge in [-0.25, -0.2) is 4.79 Å². The van der Waals surface area contributed by atoms with Crippen LogP contribution >= 0.6 is 0 Å². The summed E-state index contributed by atoms with van der Waals surface area (Å²) >= 11 is 0. The van der Waals surface area contributed by atoms with Gasteiger partial charge in [0.15, 0.2) is 0 Å². The number of rotatable bonds is 2. The molecule has 0 radical (unpaired) electrons. The monoisotopic (exact) mass is 206 g/mol. The zero-order valence-corrected chi connectivity index (χ0v) is 8.19. The minimum Gasteiger partial charge on any atom is -0.448 e. The second-order valence-electron chi connectivity index (χ2n) is 3.06. The molecule has 1 N–H and O–H groups in total. The fourth-order valence-corrected chi connectivity index (χ4v) is 1.36. The molecular weight excluding hydrogens is 196 g/mol. The van der Waals surface area contributed by atoms with Crippen molar-refractivity contribution in [2.24, 2.45) is 0 Å². The van der Waals surface area contributed by atoms with Crippen molar-refractivity contribution in [3.63, 3.8) is 0 Å². The Morgan fingerprint density at radius 1 is 1.47 bits per heavy atom. The molecule has 0 aliphatic carbocycles. The lowest BCUT2D eigenvalue weighted by atomic mass is 10.3. The molecule has 15 heavy (non-hydrogen) atoms. The molecule has 0 aliphatic rings. The van der Waals surface area contributed by atoms with E-state index >= 15 is 0 Å². The van der Waals surface area contributed by atoms with Crippen LogP contribution in [0.3, 0.4) is 0 Å². The number of aryl methyl sites for hydroxylation is 1. The number of H-pyrrole nitrogens is 1. The van der Waals surface area contributed by atoms with E-state index in [2.05, 4.69) is 4.98 Å². The van der Waals surface area contributed by atoms with E-state index in [4.69, 9.17) is 4.42 Å². The molecule has 0 fully saturated rings. The molecule has 5 heteroatoms.